The van der Waals surface area contributed by atoms with Crippen molar-refractivity contribution in [3.8, 4) is 0 Å². The number of carbonyl (C=O) groups excluding carboxylic acids is 2. The van der Waals surface area contributed by atoms with Gasteiger partial charge in [0.1, 0.15) is 0 Å². The Morgan fingerprint density at radius 2 is 1.91 bits per heavy atom. The van der Waals surface area contributed by atoms with Crippen molar-refractivity contribution < 1.29 is 9.59 Å². The summed E-state index contributed by atoms with van der Waals surface area (Å²) in [7, 11) is 0. The first kappa shape index (κ1) is 18.0. The molecule has 4 nitrogen and oxygen atoms in total. The summed E-state index contributed by atoms with van der Waals surface area (Å²) in [6, 6.07) is 7.64. The first-order chi connectivity index (χ1) is 10.7. The van der Waals surface area contributed by atoms with Gasteiger partial charge in [-0.2, -0.15) is 0 Å². The van der Waals surface area contributed by atoms with Crippen LogP contribution in [-0.2, 0) is 4.79 Å². The van der Waals surface area contributed by atoms with Crippen LogP contribution in [0, 0.1) is 5.41 Å². The van der Waals surface area contributed by atoms with Crippen molar-refractivity contribution in [3.63, 3.8) is 0 Å². The molecule has 1 N–H and O–H groups in total. The normalized spacial score (nSPS) is 16.3. The van der Waals surface area contributed by atoms with E-state index in [4.69, 9.17) is 0 Å². The van der Waals surface area contributed by atoms with Gasteiger partial charge in [-0.25, -0.2) is 0 Å². The monoisotopic (exact) mass is 380 g/mol. The molecule has 1 saturated heterocycles. The molecule has 1 aliphatic rings. The van der Waals surface area contributed by atoms with Gasteiger partial charge in [0, 0.05) is 35.6 Å². The predicted molar refractivity (Wildman–Crippen MR) is 95.3 cm³/mol. The highest BCUT2D eigenvalue weighted by Gasteiger charge is 2.25. The highest BCUT2D eigenvalue weighted by molar-refractivity contribution is 9.10. The fourth-order valence-electron chi connectivity index (χ4n) is 2.79. The number of hydrogen-bond acceptors (Lipinski definition) is 2. The van der Waals surface area contributed by atoms with Gasteiger partial charge in [0.2, 0.25) is 5.91 Å². The van der Waals surface area contributed by atoms with E-state index < -0.39 is 0 Å². The second kappa shape index (κ2) is 7.47. The maximum Gasteiger partial charge on any atom is 0.253 e. The molecular weight excluding hydrogens is 356 g/mol. The van der Waals surface area contributed by atoms with Gasteiger partial charge >= 0.3 is 0 Å². The third-order valence-corrected chi connectivity index (χ3v) is 4.40. The zero-order valence-corrected chi connectivity index (χ0v) is 15.6. The molecule has 23 heavy (non-hydrogen) atoms. The molecule has 0 atom stereocenters. The molecule has 0 aromatic heterocycles. The SMILES string of the molecule is CC(C)(C)CC(=O)NC1CCN(C(=O)c2cccc(Br)c2)CC1. The molecule has 0 bridgehead atoms. The number of carbonyl (C=O) groups is 2. The summed E-state index contributed by atoms with van der Waals surface area (Å²) in [5.41, 5.74) is 0.705. The average molecular weight is 381 g/mol. The minimum absolute atomic E-state index is 0.00144. The largest absolute Gasteiger partial charge is 0.353 e. The molecule has 0 aliphatic carbocycles. The van der Waals surface area contributed by atoms with Gasteiger partial charge in [0.05, 0.1) is 0 Å². The molecule has 126 valence electrons. The van der Waals surface area contributed by atoms with Gasteiger partial charge in [0.25, 0.3) is 5.91 Å². The zero-order valence-electron chi connectivity index (χ0n) is 14.1. The molecule has 1 fully saturated rings. The first-order valence-electron chi connectivity index (χ1n) is 8.09. The topological polar surface area (TPSA) is 49.4 Å². The maximum atomic E-state index is 12.5. The number of piperidine rings is 1. The highest BCUT2D eigenvalue weighted by Crippen LogP contribution is 2.20. The molecule has 0 radical (unpaired) electrons. The van der Waals surface area contributed by atoms with Crippen LogP contribution in [-0.4, -0.2) is 35.8 Å². The van der Waals surface area contributed by atoms with Crippen molar-refractivity contribution in [2.45, 2.75) is 46.1 Å². The van der Waals surface area contributed by atoms with Crippen molar-refractivity contribution >= 4 is 27.7 Å². The van der Waals surface area contributed by atoms with Crippen LogP contribution in [0.25, 0.3) is 0 Å². The van der Waals surface area contributed by atoms with E-state index in [1.165, 1.54) is 0 Å². The summed E-state index contributed by atoms with van der Waals surface area (Å²) in [6.45, 7) is 7.56. The third kappa shape index (κ3) is 5.65. The average Bonchev–Trinajstić information content (AvgIpc) is 2.45. The second-order valence-electron chi connectivity index (χ2n) is 7.38. The quantitative estimate of drug-likeness (QED) is 0.870. The lowest BCUT2D eigenvalue weighted by Crippen LogP contribution is -2.47. The Balaban J connectivity index is 1.84. The molecule has 0 spiro atoms. The fourth-order valence-corrected chi connectivity index (χ4v) is 3.19. The summed E-state index contributed by atoms with van der Waals surface area (Å²) < 4.78 is 0.910. The Hall–Kier alpha value is -1.36. The van der Waals surface area contributed by atoms with Crippen LogP contribution in [0.2, 0.25) is 0 Å². The Morgan fingerprint density at radius 3 is 2.48 bits per heavy atom. The summed E-state index contributed by atoms with van der Waals surface area (Å²) in [6.07, 6.45) is 2.16. The molecule has 5 heteroatoms. The zero-order chi connectivity index (χ0) is 17.0. The highest BCUT2D eigenvalue weighted by atomic mass is 79.9. The van der Waals surface area contributed by atoms with E-state index in [1.807, 2.05) is 29.2 Å². The minimum Gasteiger partial charge on any atom is -0.353 e. The predicted octanol–water partition coefficient (Wildman–Crippen LogP) is 3.61. The van der Waals surface area contributed by atoms with E-state index in [1.54, 1.807) is 0 Å². The molecule has 1 aliphatic heterocycles. The van der Waals surface area contributed by atoms with Crippen LogP contribution < -0.4 is 5.32 Å². The molecule has 2 rings (SSSR count). The molecule has 0 saturated carbocycles. The van der Waals surface area contributed by atoms with Crippen molar-refractivity contribution in [2.75, 3.05) is 13.1 Å². The number of halogens is 1. The van der Waals surface area contributed by atoms with Crippen LogP contribution in [0.5, 0.6) is 0 Å². The summed E-state index contributed by atoms with van der Waals surface area (Å²) in [5.74, 6) is 0.167. The smallest absolute Gasteiger partial charge is 0.253 e. The summed E-state index contributed by atoms with van der Waals surface area (Å²) >= 11 is 3.40. The second-order valence-corrected chi connectivity index (χ2v) is 8.30. The van der Waals surface area contributed by atoms with E-state index in [0.717, 1.165) is 17.3 Å². The molecular formula is C18H25BrN2O2. The summed E-state index contributed by atoms with van der Waals surface area (Å²) in [4.78, 5) is 26.4. The van der Waals surface area contributed by atoms with Crippen LogP contribution in [0.3, 0.4) is 0 Å². The standard InChI is InChI=1S/C18H25BrN2O2/c1-18(2,3)12-16(22)20-15-7-9-21(10-8-15)17(23)13-5-4-6-14(19)11-13/h4-6,11,15H,7-10,12H2,1-3H3,(H,20,22). The van der Waals surface area contributed by atoms with Crippen molar-refractivity contribution in [3.05, 3.63) is 34.3 Å². The number of benzene rings is 1. The Bertz CT molecular complexity index is 573. The molecule has 1 aromatic carbocycles. The van der Waals surface area contributed by atoms with Gasteiger partial charge in [-0.15, -0.1) is 0 Å². The third-order valence-electron chi connectivity index (χ3n) is 3.91. The minimum atomic E-state index is 0.00144. The van der Waals surface area contributed by atoms with Gasteiger partial charge in [-0.1, -0.05) is 42.8 Å². The molecule has 2 amide bonds. The lowest BCUT2D eigenvalue weighted by molar-refractivity contribution is -0.123. The first-order valence-corrected chi connectivity index (χ1v) is 8.88. The Morgan fingerprint density at radius 1 is 1.26 bits per heavy atom. The Labute approximate surface area is 146 Å². The number of nitrogens with one attached hydrogen (secondary N) is 1. The lowest BCUT2D eigenvalue weighted by Gasteiger charge is -2.33. The molecule has 0 unspecified atom stereocenters. The van der Waals surface area contributed by atoms with E-state index in [-0.39, 0.29) is 23.3 Å². The van der Waals surface area contributed by atoms with Gasteiger partial charge in [-0.3, -0.25) is 9.59 Å². The van der Waals surface area contributed by atoms with Crippen LogP contribution in [0.1, 0.15) is 50.4 Å². The van der Waals surface area contributed by atoms with Crippen molar-refractivity contribution in [2.24, 2.45) is 5.41 Å². The number of hydrogen-bond donors (Lipinski definition) is 1. The van der Waals surface area contributed by atoms with Crippen LogP contribution >= 0.6 is 15.9 Å². The molecule has 1 heterocycles. The van der Waals surface area contributed by atoms with Gasteiger partial charge in [0.15, 0.2) is 0 Å². The fraction of sp³-hybridized carbons (Fsp3) is 0.556. The maximum absolute atomic E-state index is 12.5. The van der Waals surface area contributed by atoms with Gasteiger partial charge in [-0.05, 0) is 36.5 Å². The summed E-state index contributed by atoms with van der Waals surface area (Å²) in [5, 5.41) is 3.10. The van der Waals surface area contributed by atoms with Crippen molar-refractivity contribution in [1.82, 2.24) is 10.2 Å². The lowest BCUT2D eigenvalue weighted by atomic mass is 9.91. The van der Waals surface area contributed by atoms with E-state index in [9.17, 15) is 9.59 Å². The van der Waals surface area contributed by atoms with Crippen LogP contribution in [0.4, 0.5) is 0 Å². The number of nitrogens with zero attached hydrogens (tertiary/aromatic N) is 1. The van der Waals surface area contributed by atoms with E-state index >= 15 is 0 Å². The van der Waals surface area contributed by atoms with E-state index in [0.29, 0.717) is 25.1 Å². The number of likely N-dealkylation sites (tertiary alicyclic amines) is 1. The van der Waals surface area contributed by atoms with Crippen molar-refractivity contribution in [1.29, 1.82) is 0 Å². The Kier molecular flexibility index (Phi) is 5.84. The van der Waals surface area contributed by atoms with E-state index in [2.05, 4.69) is 42.0 Å². The number of rotatable bonds is 3. The molecule has 1 aromatic rings. The number of amides is 2. The van der Waals surface area contributed by atoms with Gasteiger partial charge < -0.3 is 10.2 Å². The van der Waals surface area contributed by atoms with Crippen LogP contribution in [0.15, 0.2) is 28.7 Å².